The minimum Gasteiger partial charge on any atom is -0.316 e. The number of rotatable bonds is 6. The lowest BCUT2D eigenvalue weighted by atomic mass is 9.75. The number of nitrogens with one attached hydrogen (secondary N) is 1. The van der Waals surface area contributed by atoms with Crippen LogP contribution in [0.25, 0.3) is 0 Å². The van der Waals surface area contributed by atoms with E-state index in [1.807, 2.05) is 11.3 Å². The van der Waals surface area contributed by atoms with Gasteiger partial charge in [-0.15, -0.1) is 11.3 Å². The average molecular weight is 265 g/mol. The molecule has 0 amide bonds. The van der Waals surface area contributed by atoms with E-state index in [-0.39, 0.29) is 0 Å². The van der Waals surface area contributed by atoms with Crippen LogP contribution in [0.5, 0.6) is 0 Å². The van der Waals surface area contributed by atoms with Gasteiger partial charge in [-0.2, -0.15) is 0 Å². The standard InChI is InChI=1S/C16H27NS/c1-4-13-8-9-14(18-13)12-15(17-3)16(5-2)10-6-7-11-16/h8-9,15,17H,4-7,10-12H2,1-3H3. The van der Waals surface area contributed by atoms with Crippen LogP contribution >= 0.6 is 11.3 Å². The summed E-state index contributed by atoms with van der Waals surface area (Å²) in [6.45, 7) is 4.62. The molecule has 0 bridgehead atoms. The Morgan fingerprint density at radius 1 is 1.22 bits per heavy atom. The number of hydrogen-bond donors (Lipinski definition) is 1. The van der Waals surface area contributed by atoms with E-state index >= 15 is 0 Å². The molecule has 0 saturated heterocycles. The SMILES string of the molecule is CCc1ccc(CC(NC)C2(CC)CCCC2)s1. The molecule has 1 aliphatic carbocycles. The molecule has 1 atom stereocenters. The van der Waals surface area contributed by atoms with Crippen molar-refractivity contribution in [2.75, 3.05) is 7.05 Å². The molecule has 1 N–H and O–H groups in total. The monoisotopic (exact) mass is 265 g/mol. The fourth-order valence-electron chi connectivity index (χ4n) is 3.58. The molecule has 1 aromatic rings. The van der Waals surface area contributed by atoms with Crippen molar-refractivity contribution in [1.29, 1.82) is 0 Å². The highest BCUT2D eigenvalue weighted by Gasteiger charge is 2.38. The minimum absolute atomic E-state index is 0.561. The molecule has 1 aliphatic rings. The van der Waals surface area contributed by atoms with Gasteiger partial charge >= 0.3 is 0 Å². The first kappa shape index (κ1) is 14.1. The Hall–Kier alpha value is -0.340. The van der Waals surface area contributed by atoms with Crippen LogP contribution in [0.3, 0.4) is 0 Å². The molecule has 0 spiro atoms. The maximum Gasteiger partial charge on any atom is 0.0169 e. The van der Waals surface area contributed by atoms with Gasteiger partial charge in [-0.1, -0.05) is 26.7 Å². The maximum absolute atomic E-state index is 3.62. The summed E-state index contributed by atoms with van der Waals surface area (Å²) >= 11 is 2.00. The fourth-order valence-corrected chi connectivity index (χ4v) is 4.58. The van der Waals surface area contributed by atoms with E-state index < -0.39 is 0 Å². The molecule has 1 heterocycles. The van der Waals surface area contributed by atoms with Crippen molar-refractivity contribution >= 4 is 11.3 Å². The van der Waals surface area contributed by atoms with Gasteiger partial charge in [-0.3, -0.25) is 0 Å². The third kappa shape index (κ3) is 2.80. The first-order valence-electron chi connectivity index (χ1n) is 7.49. The predicted molar refractivity (Wildman–Crippen MR) is 81.4 cm³/mol. The van der Waals surface area contributed by atoms with E-state index in [1.54, 1.807) is 4.88 Å². The summed E-state index contributed by atoms with van der Waals surface area (Å²) in [6, 6.07) is 5.31. The highest BCUT2D eigenvalue weighted by molar-refractivity contribution is 7.11. The largest absolute Gasteiger partial charge is 0.316 e. The predicted octanol–water partition coefficient (Wildman–Crippen LogP) is 4.41. The Kier molecular flexibility index (Phi) is 4.85. The van der Waals surface area contributed by atoms with Crippen molar-refractivity contribution in [2.45, 2.75) is 64.8 Å². The molecule has 18 heavy (non-hydrogen) atoms. The van der Waals surface area contributed by atoms with Crippen LogP contribution in [0, 0.1) is 5.41 Å². The van der Waals surface area contributed by atoms with Crippen LogP contribution in [-0.4, -0.2) is 13.1 Å². The lowest BCUT2D eigenvalue weighted by Gasteiger charge is -2.36. The first-order valence-corrected chi connectivity index (χ1v) is 8.30. The van der Waals surface area contributed by atoms with Gasteiger partial charge in [0.05, 0.1) is 0 Å². The average Bonchev–Trinajstić information content (AvgIpc) is 3.05. The van der Waals surface area contributed by atoms with Crippen molar-refractivity contribution < 1.29 is 0 Å². The first-order chi connectivity index (χ1) is 8.74. The van der Waals surface area contributed by atoms with Gasteiger partial charge < -0.3 is 5.32 Å². The topological polar surface area (TPSA) is 12.0 Å². The second kappa shape index (κ2) is 6.21. The molecular weight excluding hydrogens is 238 g/mol. The maximum atomic E-state index is 3.62. The minimum atomic E-state index is 0.561. The molecule has 102 valence electrons. The summed E-state index contributed by atoms with van der Waals surface area (Å²) in [4.78, 5) is 3.09. The molecule has 2 heteroatoms. The Labute approximate surface area is 116 Å². The molecule has 0 aliphatic heterocycles. The lowest BCUT2D eigenvalue weighted by Crippen LogP contribution is -2.43. The van der Waals surface area contributed by atoms with Gasteiger partial charge in [-0.05, 0) is 56.7 Å². The third-order valence-electron chi connectivity index (χ3n) is 4.86. The van der Waals surface area contributed by atoms with E-state index in [4.69, 9.17) is 0 Å². The molecule has 0 aromatic carbocycles. The molecule has 1 aromatic heterocycles. The normalized spacial score (nSPS) is 20.2. The second-order valence-corrected chi connectivity index (χ2v) is 6.94. The second-order valence-electron chi connectivity index (χ2n) is 5.69. The highest BCUT2D eigenvalue weighted by Crippen LogP contribution is 2.45. The van der Waals surface area contributed by atoms with Gasteiger partial charge in [-0.25, -0.2) is 0 Å². The van der Waals surface area contributed by atoms with Crippen molar-refractivity contribution in [3.05, 3.63) is 21.9 Å². The van der Waals surface area contributed by atoms with E-state index in [1.165, 1.54) is 49.8 Å². The number of aryl methyl sites for hydroxylation is 1. The molecule has 2 rings (SSSR count). The van der Waals surface area contributed by atoms with E-state index in [9.17, 15) is 0 Å². The van der Waals surface area contributed by atoms with Gasteiger partial charge in [0.1, 0.15) is 0 Å². The molecule has 1 saturated carbocycles. The van der Waals surface area contributed by atoms with Gasteiger partial charge in [0.25, 0.3) is 0 Å². The zero-order valence-corrected chi connectivity index (χ0v) is 12.9. The summed E-state index contributed by atoms with van der Waals surface area (Å²) in [7, 11) is 2.15. The summed E-state index contributed by atoms with van der Waals surface area (Å²) in [5.74, 6) is 0. The number of likely N-dealkylation sites (N-methyl/N-ethyl adjacent to an activating group) is 1. The molecule has 0 radical (unpaired) electrons. The van der Waals surface area contributed by atoms with Crippen molar-refractivity contribution in [3.8, 4) is 0 Å². The van der Waals surface area contributed by atoms with Gasteiger partial charge in [0, 0.05) is 15.8 Å². The van der Waals surface area contributed by atoms with Gasteiger partial charge in [0.2, 0.25) is 0 Å². The molecule has 1 nitrogen and oxygen atoms in total. The molecular formula is C16H27NS. The van der Waals surface area contributed by atoms with Crippen LogP contribution < -0.4 is 5.32 Å². The lowest BCUT2D eigenvalue weighted by molar-refractivity contribution is 0.193. The van der Waals surface area contributed by atoms with Crippen LogP contribution in [0.2, 0.25) is 0 Å². The summed E-state index contributed by atoms with van der Waals surface area (Å²) in [5, 5.41) is 3.62. The molecule has 1 fully saturated rings. The van der Waals surface area contributed by atoms with Crippen LogP contribution in [-0.2, 0) is 12.8 Å². The van der Waals surface area contributed by atoms with Crippen molar-refractivity contribution in [3.63, 3.8) is 0 Å². The summed E-state index contributed by atoms with van der Waals surface area (Å²) in [5.41, 5.74) is 0.561. The Morgan fingerprint density at radius 2 is 1.89 bits per heavy atom. The fraction of sp³-hybridized carbons (Fsp3) is 0.750. The molecule has 1 unspecified atom stereocenters. The summed E-state index contributed by atoms with van der Waals surface area (Å²) in [6.07, 6.45) is 9.41. The number of thiophene rings is 1. The van der Waals surface area contributed by atoms with Crippen molar-refractivity contribution in [1.82, 2.24) is 5.32 Å². The quantitative estimate of drug-likeness (QED) is 0.803. The Morgan fingerprint density at radius 3 is 2.39 bits per heavy atom. The Bertz CT molecular complexity index is 363. The number of hydrogen-bond acceptors (Lipinski definition) is 2. The third-order valence-corrected chi connectivity index (χ3v) is 6.11. The zero-order valence-electron chi connectivity index (χ0n) is 12.1. The zero-order chi connectivity index (χ0) is 13.0. The van der Waals surface area contributed by atoms with Crippen LogP contribution in [0.15, 0.2) is 12.1 Å². The van der Waals surface area contributed by atoms with Crippen LogP contribution in [0.1, 0.15) is 55.7 Å². The van der Waals surface area contributed by atoms with E-state index in [0.717, 1.165) is 0 Å². The highest BCUT2D eigenvalue weighted by atomic mass is 32.1. The Balaban J connectivity index is 2.08. The van der Waals surface area contributed by atoms with Crippen molar-refractivity contribution in [2.24, 2.45) is 5.41 Å². The van der Waals surface area contributed by atoms with E-state index in [0.29, 0.717) is 11.5 Å². The van der Waals surface area contributed by atoms with Crippen LogP contribution in [0.4, 0.5) is 0 Å². The smallest absolute Gasteiger partial charge is 0.0169 e. The van der Waals surface area contributed by atoms with Gasteiger partial charge in [0.15, 0.2) is 0 Å². The summed E-state index contributed by atoms with van der Waals surface area (Å²) < 4.78 is 0. The van der Waals surface area contributed by atoms with E-state index in [2.05, 4.69) is 38.3 Å².